The zero-order chi connectivity index (χ0) is 12.8. The Kier molecular flexibility index (Phi) is 4.39. The van der Waals surface area contributed by atoms with Crippen LogP contribution < -0.4 is 5.32 Å². The second kappa shape index (κ2) is 6.23. The van der Waals surface area contributed by atoms with Gasteiger partial charge in [0.15, 0.2) is 0 Å². The van der Waals surface area contributed by atoms with E-state index in [1.807, 2.05) is 17.5 Å². The van der Waals surface area contributed by atoms with Crippen molar-refractivity contribution in [1.82, 2.24) is 15.5 Å². The number of thiophene rings is 1. The first-order valence-corrected chi connectivity index (χ1v) is 6.86. The van der Waals surface area contributed by atoms with E-state index in [1.165, 1.54) is 23.1 Å². The zero-order valence-corrected chi connectivity index (χ0v) is 10.9. The van der Waals surface area contributed by atoms with Gasteiger partial charge in [0.25, 0.3) is 11.1 Å². The fourth-order valence-corrected chi connectivity index (χ4v) is 2.33. The molecule has 0 aliphatic heterocycles. The molecule has 2 rings (SSSR count). The lowest BCUT2D eigenvalue weighted by Gasteiger charge is -1.97. The lowest BCUT2D eigenvalue weighted by molar-refractivity contribution is -0.118. The molecule has 2 aromatic rings. The van der Waals surface area contributed by atoms with Crippen molar-refractivity contribution in [2.45, 2.75) is 5.22 Å². The monoisotopic (exact) mass is 279 g/mol. The molecule has 1 amide bonds. The van der Waals surface area contributed by atoms with Crippen molar-refractivity contribution in [1.29, 1.82) is 0 Å². The summed E-state index contributed by atoms with van der Waals surface area (Å²) in [6, 6.07) is 3.80. The highest BCUT2D eigenvalue weighted by Gasteiger charge is 2.11. The molecule has 2 aromatic heterocycles. The van der Waals surface area contributed by atoms with Crippen LogP contribution in [0, 0.1) is 12.3 Å². The predicted molar refractivity (Wildman–Crippen MR) is 70.2 cm³/mol. The van der Waals surface area contributed by atoms with Gasteiger partial charge in [-0.05, 0) is 11.4 Å². The largest absolute Gasteiger partial charge is 0.410 e. The molecule has 0 saturated carbocycles. The Balaban J connectivity index is 1.88. The fraction of sp³-hybridized carbons (Fsp3) is 0.182. The Morgan fingerprint density at radius 3 is 3.22 bits per heavy atom. The highest BCUT2D eigenvalue weighted by atomic mass is 32.2. The molecule has 0 spiro atoms. The number of hydrogen-bond donors (Lipinski definition) is 1. The number of hydrogen-bond acceptors (Lipinski definition) is 6. The van der Waals surface area contributed by atoms with Gasteiger partial charge in [-0.2, -0.15) is 0 Å². The smallest absolute Gasteiger partial charge is 0.277 e. The summed E-state index contributed by atoms with van der Waals surface area (Å²) in [5, 5.41) is 12.6. The van der Waals surface area contributed by atoms with Gasteiger partial charge in [-0.15, -0.1) is 28.0 Å². The van der Waals surface area contributed by atoms with Gasteiger partial charge in [-0.1, -0.05) is 23.7 Å². The minimum atomic E-state index is -0.158. The standard InChI is InChI=1S/C11H9N3O2S2/c1-2-5-12-9(15)7-18-11-14-13-10(16-11)8-4-3-6-17-8/h1,3-4,6H,5,7H2,(H,12,15). The van der Waals surface area contributed by atoms with E-state index in [2.05, 4.69) is 21.4 Å². The Morgan fingerprint density at radius 1 is 1.61 bits per heavy atom. The number of nitrogens with zero attached hydrogens (tertiary/aromatic N) is 2. The topological polar surface area (TPSA) is 68.0 Å². The van der Waals surface area contributed by atoms with Crippen LogP contribution in [0.1, 0.15) is 0 Å². The molecule has 0 fully saturated rings. The normalized spacial score (nSPS) is 9.94. The highest BCUT2D eigenvalue weighted by Crippen LogP contribution is 2.26. The Hall–Kier alpha value is -1.78. The molecule has 0 atom stereocenters. The van der Waals surface area contributed by atoms with Crippen molar-refractivity contribution in [2.75, 3.05) is 12.3 Å². The molecular formula is C11H9N3O2S2. The summed E-state index contributed by atoms with van der Waals surface area (Å²) in [5.41, 5.74) is 0. The Labute approximate surface area is 112 Å². The van der Waals surface area contributed by atoms with Gasteiger partial charge in [0.2, 0.25) is 5.91 Å². The summed E-state index contributed by atoms with van der Waals surface area (Å²) in [6.07, 6.45) is 5.03. The molecule has 92 valence electrons. The molecule has 0 unspecified atom stereocenters. The van der Waals surface area contributed by atoms with Crippen molar-refractivity contribution in [2.24, 2.45) is 0 Å². The van der Waals surface area contributed by atoms with E-state index in [1.54, 1.807) is 0 Å². The van der Waals surface area contributed by atoms with Gasteiger partial charge in [-0.25, -0.2) is 0 Å². The van der Waals surface area contributed by atoms with Gasteiger partial charge < -0.3 is 9.73 Å². The first-order chi connectivity index (χ1) is 8.79. The van der Waals surface area contributed by atoms with Crippen LogP contribution in [-0.4, -0.2) is 28.4 Å². The zero-order valence-electron chi connectivity index (χ0n) is 9.25. The van der Waals surface area contributed by atoms with Crippen LogP contribution in [0.2, 0.25) is 0 Å². The number of nitrogens with one attached hydrogen (secondary N) is 1. The third-order valence-corrected chi connectivity index (χ3v) is 3.53. The molecule has 0 aromatic carbocycles. The number of carbonyl (C=O) groups is 1. The SMILES string of the molecule is C#CCNC(=O)CSc1nnc(-c2cccs2)o1. The molecule has 0 radical (unpaired) electrons. The summed E-state index contributed by atoms with van der Waals surface area (Å²) in [4.78, 5) is 12.2. The van der Waals surface area contributed by atoms with E-state index in [0.29, 0.717) is 11.1 Å². The molecule has 18 heavy (non-hydrogen) atoms. The van der Waals surface area contributed by atoms with Crippen LogP contribution in [0.3, 0.4) is 0 Å². The second-order valence-corrected chi connectivity index (χ2v) is 4.99. The quantitative estimate of drug-likeness (QED) is 0.665. The minimum absolute atomic E-state index is 0.158. The summed E-state index contributed by atoms with van der Waals surface area (Å²) >= 11 is 2.70. The highest BCUT2D eigenvalue weighted by molar-refractivity contribution is 7.99. The molecule has 0 bridgehead atoms. The van der Waals surface area contributed by atoms with E-state index < -0.39 is 0 Å². The summed E-state index contributed by atoms with van der Waals surface area (Å²) in [6.45, 7) is 0.226. The number of rotatable bonds is 5. The molecule has 0 aliphatic rings. The van der Waals surface area contributed by atoms with Crippen LogP contribution in [-0.2, 0) is 4.79 Å². The average molecular weight is 279 g/mol. The van der Waals surface area contributed by atoms with Crippen molar-refractivity contribution in [3.05, 3.63) is 17.5 Å². The van der Waals surface area contributed by atoms with Crippen LogP contribution in [0.25, 0.3) is 10.8 Å². The second-order valence-electron chi connectivity index (χ2n) is 3.12. The van der Waals surface area contributed by atoms with Gasteiger partial charge in [0.1, 0.15) is 0 Å². The molecule has 1 N–H and O–H groups in total. The lowest BCUT2D eigenvalue weighted by atomic mass is 10.5. The minimum Gasteiger partial charge on any atom is -0.410 e. The van der Waals surface area contributed by atoms with Crippen molar-refractivity contribution in [3.8, 4) is 23.1 Å². The first kappa shape index (κ1) is 12.7. The predicted octanol–water partition coefficient (Wildman–Crippen LogP) is 1.64. The lowest BCUT2D eigenvalue weighted by Crippen LogP contribution is -2.25. The van der Waals surface area contributed by atoms with E-state index in [0.717, 1.165) is 4.88 Å². The van der Waals surface area contributed by atoms with E-state index in [9.17, 15) is 4.79 Å². The third kappa shape index (κ3) is 3.35. The molecular weight excluding hydrogens is 270 g/mol. The number of terminal acetylenes is 1. The number of thioether (sulfide) groups is 1. The van der Waals surface area contributed by atoms with Gasteiger partial charge >= 0.3 is 0 Å². The molecule has 0 aliphatic carbocycles. The fourth-order valence-electron chi connectivity index (χ4n) is 1.10. The molecule has 7 heteroatoms. The number of carbonyl (C=O) groups excluding carboxylic acids is 1. The van der Waals surface area contributed by atoms with Gasteiger partial charge in [0.05, 0.1) is 17.2 Å². The van der Waals surface area contributed by atoms with Gasteiger partial charge in [-0.3, -0.25) is 4.79 Å². The van der Waals surface area contributed by atoms with E-state index in [4.69, 9.17) is 10.8 Å². The molecule has 2 heterocycles. The van der Waals surface area contributed by atoms with E-state index >= 15 is 0 Å². The van der Waals surface area contributed by atoms with Crippen LogP contribution in [0.4, 0.5) is 0 Å². The van der Waals surface area contributed by atoms with Crippen LogP contribution in [0.15, 0.2) is 27.2 Å². The third-order valence-electron chi connectivity index (χ3n) is 1.85. The van der Waals surface area contributed by atoms with Crippen molar-refractivity contribution in [3.63, 3.8) is 0 Å². The average Bonchev–Trinajstić information content (AvgIpc) is 3.03. The van der Waals surface area contributed by atoms with Gasteiger partial charge in [0, 0.05) is 0 Å². The van der Waals surface area contributed by atoms with Crippen LogP contribution >= 0.6 is 23.1 Å². The summed E-state index contributed by atoms with van der Waals surface area (Å²) < 4.78 is 5.41. The first-order valence-electron chi connectivity index (χ1n) is 5.00. The summed E-state index contributed by atoms with van der Waals surface area (Å²) in [7, 11) is 0. The van der Waals surface area contributed by atoms with E-state index in [-0.39, 0.29) is 18.2 Å². The number of aromatic nitrogens is 2. The van der Waals surface area contributed by atoms with Crippen molar-refractivity contribution >= 4 is 29.0 Å². The van der Waals surface area contributed by atoms with Crippen molar-refractivity contribution < 1.29 is 9.21 Å². The molecule has 5 nitrogen and oxygen atoms in total. The Morgan fingerprint density at radius 2 is 2.50 bits per heavy atom. The maximum absolute atomic E-state index is 11.3. The maximum Gasteiger partial charge on any atom is 0.277 e. The van der Waals surface area contributed by atoms with Crippen LogP contribution in [0.5, 0.6) is 0 Å². The maximum atomic E-state index is 11.3. The molecule has 0 saturated heterocycles. The number of amides is 1. The summed E-state index contributed by atoms with van der Waals surface area (Å²) in [5.74, 6) is 2.84. The Bertz CT molecular complexity index is 557.